The Bertz CT molecular complexity index is 1120. The number of carbonyl (C=O) groups excluding carboxylic acids is 2. The first-order valence-corrected chi connectivity index (χ1v) is 10.4. The number of carbonyl (C=O) groups is 2. The van der Waals surface area contributed by atoms with Crippen LogP contribution in [0.1, 0.15) is 51.7 Å². The lowest BCUT2D eigenvalue weighted by molar-refractivity contribution is -0.116. The molecule has 0 atom stereocenters. The molecule has 1 amide bonds. The minimum Gasteiger partial charge on any atom is -0.337 e. The molecule has 6 heteroatoms. The number of nitrogens with one attached hydrogen (secondary N) is 1. The van der Waals surface area contributed by atoms with E-state index in [9.17, 15) is 14.9 Å². The smallest absolute Gasteiger partial charge is 0.244 e. The molecule has 0 aliphatic heterocycles. The van der Waals surface area contributed by atoms with Crippen molar-refractivity contribution in [3.8, 4) is 6.07 Å². The van der Waals surface area contributed by atoms with Crippen LogP contribution in [0.2, 0.25) is 0 Å². The van der Waals surface area contributed by atoms with Crippen LogP contribution < -0.4 is 5.32 Å². The number of hydrogen-bond donors (Lipinski definition) is 1. The highest BCUT2D eigenvalue weighted by atomic mass is 32.1. The second kappa shape index (κ2) is 7.61. The third-order valence-electron chi connectivity index (χ3n) is 5.37. The van der Waals surface area contributed by atoms with Gasteiger partial charge < -0.3 is 9.88 Å². The molecule has 142 valence electrons. The molecule has 1 aliphatic carbocycles. The molecule has 3 aromatic rings. The number of anilines is 1. The van der Waals surface area contributed by atoms with E-state index in [0.717, 1.165) is 60.4 Å². The lowest BCUT2D eigenvalue weighted by Gasteiger charge is -2.10. The first kappa shape index (κ1) is 18.5. The third-order valence-corrected chi connectivity index (χ3v) is 6.58. The van der Waals surface area contributed by atoms with Gasteiger partial charge in [-0.2, -0.15) is 5.26 Å². The highest BCUT2D eigenvalue weighted by Crippen LogP contribution is 2.37. The van der Waals surface area contributed by atoms with E-state index in [2.05, 4.69) is 18.3 Å². The Labute approximate surface area is 167 Å². The molecule has 0 unspecified atom stereocenters. The SMILES string of the molecule is CCc1cccc2c(C=O)cn(CC(=O)Nc3sc4c(c3C#N)CCCC4)c12. The Morgan fingerprint density at radius 3 is 2.93 bits per heavy atom. The van der Waals surface area contributed by atoms with E-state index in [1.54, 1.807) is 6.20 Å². The predicted octanol–water partition coefficient (Wildman–Crippen LogP) is 4.47. The van der Waals surface area contributed by atoms with Gasteiger partial charge in [0, 0.05) is 22.0 Å². The summed E-state index contributed by atoms with van der Waals surface area (Å²) in [4.78, 5) is 25.5. The lowest BCUT2D eigenvalue weighted by Crippen LogP contribution is -2.18. The van der Waals surface area contributed by atoms with Crippen LogP contribution in [0, 0.1) is 11.3 Å². The molecule has 0 radical (unpaired) electrons. The lowest BCUT2D eigenvalue weighted by atomic mass is 9.96. The molecule has 0 spiro atoms. The van der Waals surface area contributed by atoms with Gasteiger partial charge in [-0.25, -0.2) is 0 Å². The van der Waals surface area contributed by atoms with Crippen molar-refractivity contribution in [1.29, 1.82) is 5.26 Å². The summed E-state index contributed by atoms with van der Waals surface area (Å²) in [6.07, 6.45) is 7.51. The second-order valence-electron chi connectivity index (χ2n) is 7.07. The number of thiophene rings is 1. The molecule has 0 saturated carbocycles. The average molecular weight is 391 g/mol. The van der Waals surface area contributed by atoms with Crippen LogP contribution in [0.25, 0.3) is 10.9 Å². The molecule has 2 aromatic heterocycles. The van der Waals surface area contributed by atoms with Crippen molar-refractivity contribution in [2.45, 2.75) is 45.6 Å². The highest BCUT2D eigenvalue weighted by Gasteiger charge is 2.22. The number of hydrogen-bond acceptors (Lipinski definition) is 4. The minimum absolute atomic E-state index is 0.106. The van der Waals surface area contributed by atoms with Gasteiger partial charge >= 0.3 is 0 Å². The van der Waals surface area contributed by atoms with Gasteiger partial charge in [-0.05, 0) is 43.2 Å². The van der Waals surface area contributed by atoms with E-state index in [1.807, 2.05) is 22.8 Å². The fourth-order valence-corrected chi connectivity index (χ4v) is 5.32. The summed E-state index contributed by atoms with van der Waals surface area (Å²) in [5.74, 6) is -0.185. The average Bonchev–Trinajstić information content (AvgIpc) is 3.25. The fourth-order valence-electron chi connectivity index (χ4n) is 4.06. The number of nitrogens with zero attached hydrogens (tertiary/aromatic N) is 2. The monoisotopic (exact) mass is 391 g/mol. The van der Waals surface area contributed by atoms with Crippen LogP contribution in [0.5, 0.6) is 0 Å². The standard InChI is InChI=1S/C22H21N3O2S/c1-2-14-6-5-8-16-15(13-26)11-25(21(14)16)12-20(27)24-22-18(10-23)17-7-3-4-9-19(17)28-22/h5-6,8,11,13H,2-4,7,9,12H2,1H3,(H,24,27). The number of aldehydes is 1. The van der Waals surface area contributed by atoms with Crippen LogP contribution in [0.3, 0.4) is 0 Å². The van der Waals surface area contributed by atoms with Gasteiger partial charge in [0.25, 0.3) is 0 Å². The quantitative estimate of drug-likeness (QED) is 0.652. The summed E-state index contributed by atoms with van der Waals surface area (Å²) in [6.45, 7) is 2.16. The van der Waals surface area contributed by atoms with Gasteiger partial charge in [0.1, 0.15) is 17.6 Å². The molecule has 1 aromatic carbocycles. The Balaban J connectivity index is 1.64. The Hall–Kier alpha value is -2.91. The molecular formula is C22H21N3O2S. The van der Waals surface area contributed by atoms with E-state index in [-0.39, 0.29) is 12.5 Å². The van der Waals surface area contributed by atoms with Crippen LogP contribution in [-0.4, -0.2) is 16.8 Å². The Morgan fingerprint density at radius 2 is 2.18 bits per heavy atom. The van der Waals surface area contributed by atoms with Crippen molar-refractivity contribution in [2.24, 2.45) is 0 Å². The van der Waals surface area contributed by atoms with Crippen LogP contribution in [-0.2, 0) is 30.6 Å². The molecule has 2 heterocycles. The number of fused-ring (bicyclic) bond motifs is 2. The van der Waals surface area contributed by atoms with Gasteiger partial charge in [0.05, 0.1) is 11.1 Å². The van der Waals surface area contributed by atoms with Gasteiger partial charge in [-0.1, -0.05) is 25.1 Å². The molecule has 28 heavy (non-hydrogen) atoms. The molecule has 0 saturated heterocycles. The maximum Gasteiger partial charge on any atom is 0.244 e. The van der Waals surface area contributed by atoms with Crippen molar-refractivity contribution in [1.82, 2.24) is 4.57 Å². The van der Waals surface area contributed by atoms with Gasteiger partial charge in [0.15, 0.2) is 6.29 Å². The van der Waals surface area contributed by atoms with Gasteiger partial charge in [0.2, 0.25) is 5.91 Å². The summed E-state index contributed by atoms with van der Waals surface area (Å²) in [6, 6.07) is 8.15. The largest absolute Gasteiger partial charge is 0.337 e. The van der Waals surface area contributed by atoms with E-state index in [4.69, 9.17) is 0 Å². The number of amides is 1. The summed E-state index contributed by atoms with van der Waals surface area (Å²) in [5, 5.41) is 14.0. The molecule has 1 N–H and O–H groups in total. The summed E-state index contributed by atoms with van der Waals surface area (Å²) in [5.41, 5.74) is 4.34. The molecule has 5 nitrogen and oxygen atoms in total. The first-order chi connectivity index (χ1) is 13.7. The van der Waals surface area contributed by atoms with E-state index >= 15 is 0 Å². The number of aromatic nitrogens is 1. The number of nitriles is 1. The summed E-state index contributed by atoms with van der Waals surface area (Å²) in [7, 11) is 0. The minimum atomic E-state index is -0.185. The van der Waals surface area contributed by atoms with Crippen LogP contribution >= 0.6 is 11.3 Å². The van der Waals surface area contributed by atoms with Crippen molar-refractivity contribution in [3.63, 3.8) is 0 Å². The zero-order valence-electron chi connectivity index (χ0n) is 15.7. The number of para-hydroxylation sites is 1. The Kier molecular flexibility index (Phi) is 5.01. The topological polar surface area (TPSA) is 74.9 Å². The van der Waals surface area contributed by atoms with Crippen molar-refractivity contribution >= 4 is 39.4 Å². The van der Waals surface area contributed by atoms with E-state index in [1.165, 1.54) is 16.2 Å². The molecule has 4 rings (SSSR count). The second-order valence-corrected chi connectivity index (χ2v) is 8.18. The normalized spacial score (nSPS) is 13.1. The van der Waals surface area contributed by atoms with E-state index in [0.29, 0.717) is 16.1 Å². The van der Waals surface area contributed by atoms with Crippen molar-refractivity contribution in [2.75, 3.05) is 5.32 Å². The maximum atomic E-state index is 12.8. The molecule has 1 aliphatic rings. The fraction of sp³-hybridized carbons (Fsp3) is 0.318. The number of aryl methyl sites for hydroxylation is 2. The highest BCUT2D eigenvalue weighted by molar-refractivity contribution is 7.16. The van der Waals surface area contributed by atoms with Crippen molar-refractivity contribution < 1.29 is 9.59 Å². The molecule has 0 fully saturated rings. The van der Waals surface area contributed by atoms with Crippen molar-refractivity contribution in [3.05, 3.63) is 51.5 Å². The molecule has 0 bridgehead atoms. The van der Waals surface area contributed by atoms with E-state index < -0.39 is 0 Å². The summed E-state index contributed by atoms with van der Waals surface area (Å²) < 4.78 is 1.84. The number of benzene rings is 1. The zero-order chi connectivity index (χ0) is 19.7. The summed E-state index contributed by atoms with van der Waals surface area (Å²) >= 11 is 1.53. The van der Waals surface area contributed by atoms with Crippen LogP contribution in [0.15, 0.2) is 24.4 Å². The van der Waals surface area contributed by atoms with Gasteiger partial charge in [-0.3, -0.25) is 9.59 Å². The molecular weight excluding hydrogens is 370 g/mol. The Morgan fingerprint density at radius 1 is 1.36 bits per heavy atom. The van der Waals surface area contributed by atoms with Gasteiger partial charge in [-0.15, -0.1) is 11.3 Å². The third kappa shape index (κ3) is 3.12. The number of rotatable bonds is 5. The zero-order valence-corrected chi connectivity index (χ0v) is 16.6. The predicted molar refractivity (Wildman–Crippen MR) is 111 cm³/mol. The maximum absolute atomic E-state index is 12.8. The first-order valence-electron chi connectivity index (χ1n) is 9.56. The van der Waals surface area contributed by atoms with Crippen LogP contribution in [0.4, 0.5) is 5.00 Å².